The standard InChI is InChI=1S/C39H65N5O9/c1-9-10-16-28(42-39(53)31(41-34(47)19-25(6)7)20-27-14-12-11-13-15-27)38(52)44-29(17-23(2)3)32(45)21-35(48)40-26(8)37(51)43-30(18-24(4)5)33(46)22-36(49)50/h11-15,23-26,28-33,45-46H,9-10,16-22H2,1-8H3,(H,40,48)(H,41,47)(H,42,53)(H,43,51)(H,44,52)(H,49,50)/t26-,28+,29-,30-,31+,32-,33-/m1/s1. The molecule has 0 unspecified atom stereocenters. The maximum absolute atomic E-state index is 13.7. The van der Waals surface area contributed by atoms with Crippen LogP contribution in [0.25, 0.3) is 0 Å². The highest BCUT2D eigenvalue weighted by Gasteiger charge is 2.32. The smallest absolute Gasteiger partial charge is 0.306 e. The molecule has 0 bridgehead atoms. The van der Waals surface area contributed by atoms with Crippen LogP contribution in [-0.4, -0.2) is 93.2 Å². The molecule has 0 saturated carbocycles. The fourth-order valence-electron chi connectivity index (χ4n) is 5.88. The predicted octanol–water partition coefficient (Wildman–Crippen LogP) is 2.59. The zero-order chi connectivity index (χ0) is 40.2. The molecule has 14 heteroatoms. The monoisotopic (exact) mass is 747 g/mol. The van der Waals surface area contributed by atoms with Gasteiger partial charge in [-0.1, -0.05) is 91.6 Å². The average Bonchev–Trinajstić information content (AvgIpc) is 3.04. The van der Waals surface area contributed by atoms with Crippen molar-refractivity contribution in [3.63, 3.8) is 0 Å². The van der Waals surface area contributed by atoms with E-state index in [1.54, 1.807) is 0 Å². The topological polar surface area (TPSA) is 223 Å². The van der Waals surface area contributed by atoms with Gasteiger partial charge < -0.3 is 41.9 Å². The second-order valence-corrected chi connectivity index (χ2v) is 15.3. The molecule has 5 amide bonds. The maximum Gasteiger partial charge on any atom is 0.306 e. The number of carbonyl (C=O) groups excluding carboxylic acids is 5. The largest absolute Gasteiger partial charge is 0.481 e. The summed E-state index contributed by atoms with van der Waals surface area (Å²) in [5.41, 5.74) is 0.836. The fraction of sp³-hybridized carbons (Fsp3) is 0.692. The van der Waals surface area contributed by atoms with Gasteiger partial charge in [0.1, 0.15) is 18.1 Å². The van der Waals surface area contributed by atoms with E-state index in [0.29, 0.717) is 25.7 Å². The summed E-state index contributed by atoms with van der Waals surface area (Å²) in [5.74, 6) is -3.70. The number of aliphatic hydroxyl groups is 2. The molecule has 300 valence electrons. The summed E-state index contributed by atoms with van der Waals surface area (Å²) in [6.45, 7) is 14.7. The van der Waals surface area contributed by atoms with E-state index in [2.05, 4.69) is 26.6 Å². The van der Waals surface area contributed by atoms with Crippen LogP contribution in [0.2, 0.25) is 0 Å². The number of hydrogen-bond donors (Lipinski definition) is 8. The van der Waals surface area contributed by atoms with Crippen LogP contribution in [0.3, 0.4) is 0 Å². The Hall–Kier alpha value is -4.04. The zero-order valence-corrected chi connectivity index (χ0v) is 32.8. The Kier molecular flexibility index (Phi) is 21.5. The molecule has 0 spiro atoms. The Balaban J connectivity index is 3.06. The Bertz CT molecular complexity index is 1310. The highest BCUT2D eigenvalue weighted by Crippen LogP contribution is 2.15. The van der Waals surface area contributed by atoms with Crippen LogP contribution in [0.15, 0.2) is 30.3 Å². The third-order valence-electron chi connectivity index (χ3n) is 8.59. The number of carbonyl (C=O) groups is 6. The third-order valence-corrected chi connectivity index (χ3v) is 8.59. The summed E-state index contributed by atoms with van der Waals surface area (Å²) in [5, 5.41) is 44.3. The van der Waals surface area contributed by atoms with Crippen molar-refractivity contribution in [3.8, 4) is 0 Å². The van der Waals surface area contributed by atoms with Crippen molar-refractivity contribution in [2.45, 2.75) is 156 Å². The van der Waals surface area contributed by atoms with E-state index in [9.17, 15) is 39.0 Å². The van der Waals surface area contributed by atoms with Crippen molar-refractivity contribution in [1.29, 1.82) is 0 Å². The van der Waals surface area contributed by atoms with Gasteiger partial charge in [0, 0.05) is 12.8 Å². The maximum atomic E-state index is 13.7. The number of unbranched alkanes of at least 4 members (excludes halogenated alkanes) is 1. The molecule has 53 heavy (non-hydrogen) atoms. The van der Waals surface area contributed by atoms with Crippen molar-refractivity contribution in [2.75, 3.05) is 0 Å². The van der Waals surface area contributed by atoms with E-state index in [1.165, 1.54) is 6.92 Å². The highest BCUT2D eigenvalue weighted by atomic mass is 16.4. The van der Waals surface area contributed by atoms with Gasteiger partial charge >= 0.3 is 5.97 Å². The number of nitrogens with one attached hydrogen (secondary N) is 5. The van der Waals surface area contributed by atoms with Gasteiger partial charge in [0.2, 0.25) is 29.5 Å². The van der Waals surface area contributed by atoms with Gasteiger partial charge in [0.15, 0.2) is 0 Å². The van der Waals surface area contributed by atoms with Crippen LogP contribution < -0.4 is 26.6 Å². The number of aliphatic hydroxyl groups excluding tert-OH is 2. The lowest BCUT2D eigenvalue weighted by atomic mass is 9.96. The summed E-state index contributed by atoms with van der Waals surface area (Å²) < 4.78 is 0. The number of carboxylic acids is 1. The molecule has 0 aliphatic rings. The molecule has 0 aliphatic heterocycles. The van der Waals surface area contributed by atoms with Crippen molar-refractivity contribution in [1.82, 2.24) is 26.6 Å². The lowest BCUT2D eigenvalue weighted by molar-refractivity contribution is -0.140. The minimum atomic E-state index is -1.34. The summed E-state index contributed by atoms with van der Waals surface area (Å²) >= 11 is 0. The molecule has 0 saturated heterocycles. The fourth-order valence-corrected chi connectivity index (χ4v) is 5.88. The number of rotatable bonds is 25. The van der Waals surface area contributed by atoms with Crippen molar-refractivity contribution < 1.29 is 44.1 Å². The SMILES string of the molecule is CCCC[C@H](NC(=O)[C@H](Cc1ccccc1)NC(=O)CC(C)C)C(=O)N[C@H](CC(C)C)[C@H](O)CC(=O)N[C@H](C)C(=O)N[C@H](CC(C)C)[C@H](O)CC(=O)O. The summed E-state index contributed by atoms with van der Waals surface area (Å²) in [4.78, 5) is 77.2. The van der Waals surface area contributed by atoms with Crippen LogP contribution in [0.4, 0.5) is 0 Å². The normalized spacial score (nSPS) is 15.4. The lowest BCUT2D eigenvalue weighted by Gasteiger charge is -2.29. The lowest BCUT2D eigenvalue weighted by Crippen LogP contribution is -2.57. The van der Waals surface area contributed by atoms with E-state index in [-0.39, 0.29) is 36.5 Å². The molecular formula is C39H65N5O9. The van der Waals surface area contributed by atoms with Gasteiger partial charge in [-0.25, -0.2) is 0 Å². The molecular weight excluding hydrogens is 682 g/mol. The van der Waals surface area contributed by atoms with Crippen LogP contribution >= 0.6 is 0 Å². The number of benzene rings is 1. The number of carboxylic acid groups (broad SMARTS) is 1. The van der Waals surface area contributed by atoms with E-state index in [1.807, 2.05) is 78.8 Å². The molecule has 1 rings (SSSR count). The van der Waals surface area contributed by atoms with Gasteiger partial charge in [0.05, 0.1) is 37.1 Å². The summed E-state index contributed by atoms with van der Waals surface area (Å²) in [6.07, 6.45) is -0.910. The first kappa shape index (κ1) is 47.0. The van der Waals surface area contributed by atoms with Crippen LogP contribution in [-0.2, 0) is 35.2 Å². The second-order valence-electron chi connectivity index (χ2n) is 15.3. The number of hydrogen-bond acceptors (Lipinski definition) is 8. The molecule has 0 aliphatic carbocycles. The summed E-state index contributed by atoms with van der Waals surface area (Å²) in [6, 6.07) is 4.55. The molecule has 1 aromatic carbocycles. The van der Waals surface area contributed by atoms with Gasteiger partial charge in [-0.2, -0.15) is 0 Å². The first-order chi connectivity index (χ1) is 24.8. The highest BCUT2D eigenvalue weighted by molar-refractivity contribution is 5.92. The Morgan fingerprint density at radius 3 is 1.62 bits per heavy atom. The molecule has 0 fully saturated rings. The van der Waals surface area contributed by atoms with Crippen LogP contribution in [0.5, 0.6) is 0 Å². The molecule has 1 aromatic rings. The van der Waals surface area contributed by atoms with Gasteiger partial charge in [-0.05, 0) is 49.5 Å². The molecule has 0 aromatic heterocycles. The summed E-state index contributed by atoms with van der Waals surface area (Å²) in [7, 11) is 0. The van der Waals surface area contributed by atoms with Crippen molar-refractivity contribution in [3.05, 3.63) is 35.9 Å². The number of amides is 5. The van der Waals surface area contributed by atoms with Crippen LogP contribution in [0, 0.1) is 17.8 Å². The van der Waals surface area contributed by atoms with Gasteiger partial charge in [-0.15, -0.1) is 0 Å². The van der Waals surface area contributed by atoms with Gasteiger partial charge in [-0.3, -0.25) is 28.8 Å². The molecule has 7 atom stereocenters. The van der Waals surface area contributed by atoms with E-state index in [4.69, 9.17) is 5.11 Å². The van der Waals surface area contributed by atoms with Crippen LogP contribution in [0.1, 0.15) is 112 Å². The second kappa shape index (κ2) is 24.3. The quantitative estimate of drug-likeness (QED) is 0.0735. The molecule has 8 N–H and O–H groups in total. The molecule has 14 nitrogen and oxygen atoms in total. The van der Waals surface area contributed by atoms with E-state index in [0.717, 1.165) is 12.0 Å². The minimum Gasteiger partial charge on any atom is -0.481 e. The first-order valence-corrected chi connectivity index (χ1v) is 18.9. The predicted molar refractivity (Wildman–Crippen MR) is 202 cm³/mol. The third kappa shape index (κ3) is 19.6. The average molecular weight is 748 g/mol. The molecule has 0 heterocycles. The Labute approximate surface area is 315 Å². The van der Waals surface area contributed by atoms with E-state index >= 15 is 0 Å². The van der Waals surface area contributed by atoms with Crippen molar-refractivity contribution >= 4 is 35.5 Å². The zero-order valence-electron chi connectivity index (χ0n) is 32.8. The Morgan fingerprint density at radius 2 is 1.11 bits per heavy atom. The first-order valence-electron chi connectivity index (χ1n) is 18.9. The molecule has 0 radical (unpaired) electrons. The minimum absolute atomic E-state index is 0.00735. The van der Waals surface area contributed by atoms with Gasteiger partial charge in [0.25, 0.3) is 0 Å². The van der Waals surface area contributed by atoms with E-state index < -0.39 is 84.9 Å². The number of aliphatic carboxylic acids is 1. The van der Waals surface area contributed by atoms with Crippen molar-refractivity contribution in [2.24, 2.45) is 17.8 Å². The Morgan fingerprint density at radius 1 is 0.604 bits per heavy atom.